The highest BCUT2D eigenvalue weighted by molar-refractivity contribution is 7.14. The van der Waals surface area contributed by atoms with Gasteiger partial charge in [-0.05, 0) is 32.4 Å². The Bertz CT molecular complexity index is 328. The summed E-state index contributed by atoms with van der Waals surface area (Å²) in [5.41, 5.74) is 0.973. The van der Waals surface area contributed by atoms with Crippen LogP contribution in [-0.2, 0) is 11.3 Å². The lowest BCUT2D eigenvalue weighted by Crippen LogP contribution is -2.02. The van der Waals surface area contributed by atoms with E-state index in [0.29, 0.717) is 11.5 Å². The number of thiophene rings is 1. The summed E-state index contributed by atoms with van der Waals surface area (Å²) in [6.45, 7) is 6.32. The summed E-state index contributed by atoms with van der Waals surface area (Å²) >= 11 is 1.29. The quantitative estimate of drug-likeness (QED) is 0.838. The van der Waals surface area contributed by atoms with Gasteiger partial charge in [-0.2, -0.15) is 0 Å². The van der Waals surface area contributed by atoms with Crippen LogP contribution in [0.2, 0.25) is 0 Å². The molecule has 1 aromatic rings. The molecule has 0 atom stereocenters. The Balaban J connectivity index is 2.72. The average molecular weight is 214 g/mol. The highest BCUT2D eigenvalue weighted by Gasteiger charge is 2.11. The van der Waals surface area contributed by atoms with E-state index in [1.54, 1.807) is 6.07 Å². The van der Waals surface area contributed by atoms with Crippen molar-refractivity contribution in [2.24, 2.45) is 0 Å². The van der Waals surface area contributed by atoms with E-state index in [1.807, 2.05) is 20.8 Å². The van der Waals surface area contributed by atoms with Gasteiger partial charge in [-0.1, -0.05) is 0 Å². The number of carbonyl (C=O) groups is 1. The van der Waals surface area contributed by atoms with Gasteiger partial charge in [-0.15, -0.1) is 11.3 Å². The molecule has 0 aliphatic heterocycles. The van der Waals surface area contributed by atoms with Crippen molar-refractivity contribution in [1.29, 1.82) is 0 Å². The number of carboxylic acid groups (broad SMARTS) is 1. The first-order chi connectivity index (χ1) is 6.50. The fourth-order valence-electron chi connectivity index (χ4n) is 1.02. The maximum absolute atomic E-state index is 10.7. The minimum atomic E-state index is -0.867. The first-order valence-corrected chi connectivity index (χ1v) is 5.26. The zero-order valence-electron chi connectivity index (χ0n) is 8.53. The Morgan fingerprint density at radius 2 is 2.29 bits per heavy atom. The predicted octanol–water partition coefficient (Wildman–Crippen LogP) is 2.68. The lowest BCUT2D eigenvalue weighted by molar-refractivity contribution is 0.0654. The summed E-state index contributed by atoms with van der Waals surface area (Å²) in [5.74, 6) is -0.867. The molecule has 0 amide bonds. The Morgan fingerprint density at radius 3 is 2.71 bits per heavy atom. The van der Waals surface area contributed by atoms with Crippen molar-refractivity contribution in [2.75, 3.05) is 0 Å². The Kier molecular flexibility index (Phi) is 3.66. The van der Waals surface area contributed by atoms with E-state index in [-0.39, 0.29) is 6.10 Å². The Morgan fingerprint density at radius 1 is 1.64 bits per heavy atom. The fourth-order valence-corrected chi connectivity index (χ4v) is 1.89. The molecule has 0 fully saturated rings. The van der Waals surface area contributed by atoms with Gasteiger partial charge >= 0.3 is 5.97 Å². The zero-order chi connectivity index (χ0) is 10.7. The van der Waals surface area contributed by atoms with E-state index in [1.165, 1.54) is 11.3 Å². The van der Waals surface area contributed by atoms with E-state index in [0.717, 1.165) is 10.4 Å². The molecule has 0 radical (unpaired) electrons. The third-order valence-corrected chi connectivity index (χ3v) is 2.88. The summed E-state index contributed by atoms with van der Waals surface area (Å²) < 4.78 is 5.42. The number of rotatable bonds is 4. The molecule has 1 aromatic heterocycles. The molecule has 0 aliphatic rings. The highest BCUT2D eigenvalue weighted by Crippen LogP contribution is 2.22. The van der Waals surface area contributed by atoms with Crippen molar-refractivity contribution < 1.29 is 14.6 Å². The van der Waals surface area contributed by atoms with Gasteiger partial charge in [0.05, 0.1) is 12.7 Å². The molecule has 0 bridgehead atoms. The molecule has 0 saturated heterocycles. The van der Waals surface area contributed by atoms with E-state index >= 15 is 0 Å². The van der Waals surface area contributed by atoms with Gasteiger partial charge in [0, 0.05) is 4.88 Å². The molecule has 0 aliphatic carbocycles. The lowest BCUT2D eigenvalue weighted by atomic mass is 10.2. The van der Waals surface area contributed by atoms with Crippen LogP contribution in [-0.4, -0.2) is 17.2 Å². The topological polar surface area (TPSA) is 46.5 Å². The Labute approximate surface area is 87.3 Å². The largest absolute Gasteiger partial charge is 0.477 e. The number of hydrogen-bond acceptors (Lipinski definition) is 3. The third kappa shape index (κ3) is 2.82. The SMILES string of the molecule is Cc1sc(C(=O)O)cc1COC(C)C. The zero-order valence-corrected chi connectivity index (χ0v) is 9.35. The molecule has 0 aromatic carbocycles. The van der Waals surface area contributed by atoms with Gasteiger partial charge in [0.15, 0.2) is 0 Å². The monoisotopic (exact) mass is 214 g/mol. The van der Waals surface area contributed by atoms with Gasteiger partial charge in [0.25, 0.3) is 0 Å². The van der Waals surface area contributed by atoms with E-state index in [4.69, 9.17) is 9.84 Å². The molecule has 1 N–H and O–H groups in total. The molecule has 1 heterocycles. The molecular formula is C10H14O3S. The Hall–Kier alpha value is -0.870. The normalized spacial score (nSPS) is 10.9. The molecule has 0 unspecified atom stereocenters. The second kappa shape index (κ2) is 4.57. The maximum Gasteiger partial charge on any atom is 0.345 e. The van der Waals surface area contributed by atoms with Crippen LogP contribution in [0, 0.1) is 6.92 Å². The first kappa shape index (κ1) is 11.2. The van der Waals surface area contributed by atoms with Crippen molar-refractivity contribution in [2.45, 2.75) is 33.5 Å². The average Bonchev–Trinajstić information content (AvgIpc) is 2.43. The first-order valence-electron chi connectivity index (χ1n) is 4.45. The van der Waals surface area contributed by atoms with Crippen LogP contribution in [0.25, 0.3) is 0 Å². The highest BCUT2D eigenvalue weighted by atomic mass is 32.1. The lowest BCUT2D eigenvalue weighted by Gasteiger charge is -2.06. The number of aryl methyl sites for hydroxylation is 1. The standard InChI is InChI=1S/C10H14O3S/c1-6(2)13-5-8-4-9(10(11)12)14-7(8)3/h4,6H,5H2,1-3H3,(H,11,12). The molecule has 14 heavy (non-hydrogen) atoms. The van der Waals surface area contributed by atoms with E-state index in [9.17, 15) is 4.79 Å². The van der Waals surface area contributed by atoms with Gasteiger partial charge in [0.2, 0.25) is 0 Å². The van der Waals surface area contributed by atoms with Crippen molar-refractivity contribution in [1.82, 2.24) is 0 Å². The maximum atomic E-state index is 10.7. The molecule has 0 saturated carbocycles. The molecular weight excluding hydrogens is 200 g/mol. The van der Waals surface area contributed by atoms with Crippen LogP contribution in [0.4, 0.5) is 0 Å². The summed E-state index contributed by atoms with van der Waals surface area (Å²) in [6, 6.07) is 1.69. The van der Waals surface area contributed by atoms with Crippen molar-refractivity contribution in [3.05, 3.63) is 21.4 Å². The van der Waals surface area contributed by atoms with Gasteiger partial charge < -0.3 is 9.84 Å². The summed E-state index contributed by atoms with van der Waals surface area (Å²) in [5, 5.41) is 8.77. The fraction of sp³-hybridized carbons (Fsp3) is 0.500. The van der Waals surface area contributed by atoms with E-state index in [2.05, 4.69) is 0 Å². The van der Waals surface area contributed by atoms with Crippen LogP contribution < -0.4 is 0 Å². The molecule has 4 heteroatoms. The number of aromatic carboxylic acids is 1. The van der Waals surface area contributed by atoms with Crippen LogP contribution in [0.3, 0.4) is 0 Å². The van der Waals surface area contributed by atoms with E-state index < -0.39 is 5.97 Å². The van der Waals surface area contributed by atoms with Crippen LogP contribution in [0.15, 0.2) is 6.07 Å². The minimum absolute atomic E-state index is 0.169. The van der Waals surface area contributed by atoms with Crippen LogP contribution in [0.5, 0.6) is 0 Å². The van der Waals surface area contributed by atoms with Crippen molar-refractivity contribution in [3.63, 3.8) is 0 Å². The van der Waals surface area contributed by atoms with Crippen LogP contribution in [0.1, 0.15) is 34.0 Å². The minimum Gasteiger partial charge on any atom is -0.477 e. The molecule has 3 nitrogen and oxygen atoms in total. The number of ether oxygens (including phenoxy) is 1. The molecule has 0 spiro atoms. The summed E-state index contributed by atoms with van der Waals surface area (Å²) in [7, 11) is 0. The van der Waals surface area contributed by atoms with Gasteiger partial charge in [-0.3, -0.25) is 0 Å². The second-order valence-corrected chi connectivity index (χ2v) is 4.61. The van der Waals surface area contributed by atoms with Gasteiger partial charge in [-0.25, -0.2) is 4.79 Å². The van der Waals surface area contributed by atoms with Gasteiger partial charge in [0.1, 0.15) is 4.88 Å². The van der Waals surface area contributed by atoms with Crippen molar-refractivity contribution in [3.8, 4) is 0 Å². The third-order valence-electron chi connectivity index (χ3n) is 1.80. The summed E-state index contributed by atoms with van der Waals surface area (Å²) in [4.78, 5) is 12.1. The smallest absolute Gasteiger partial charge is 0.345 e. The van der Waals surface area contributed by atoms with Crippen molar-refractivity contribution >= 4 is 17.3 Å². The van der Waals surface area contributed by atoms with Crippen LogP contribution >= 0.6 is 11.3 Å². The number of hydrogen-bond donors (Lipinski definition) is 1. The molecule has 1 rings (SSSR count). The second-order valence-electron chi connectivity index (χ2n) is 3.36. The summed E-state index contributed by atoms with van der Waals surface area (Å²) in [6.07, 6.45) is 0.169. The predicted molar refractivity (Wildman–Crippen MR) is 55.9 cm³/mol. The molecule has 78 valence electrons. The number of carboxylic acids is 1.